The number of hydrogen-bond acceptors (Lipinski definition) is 6. The van der Waals surface area contributed by atoms with Gasteiger partial charge in [0.05, 0.1) is 30.7 Å². The number of nitrogens with zero attached hydrogens (tertiary/aromatic N) is 2. The molecule has 1 fully saturated rings. The van der Waals surface area contributed by atoms with Gasteiger partial charge in [-0.05, 0) is 61.2 Å². The number of ether oxygens (including phenoxy) is 2. The molecule has 0 spiro atoms. The molecule has 3 atom stereocenters. The van der Waals surface area contributed by atoms with E-state index in [4.69, 9.17) is 9.47 Å². The van der Waals surface area contributed by atoms with E-state index in [0.29, 0.717) is 37.4 Å². The summed E-state index contributed by atoms with van der Waals surface area (Å²) in [5.41, 5.74) is 3.07. The van der Waals surface area contributed by atoms with Crippen LogP contribution in [0.15, 0.2) is 78.9 Å². The molecule has 214 valence electrons. The van der Waals surface area contributed by atoms with Gasteiger partial charge in [0, 0.05) is 25.2 Å². The zero-order valence-electron chi connectivity index (χ0n) is 23.6. The molecule has 1 heterocycles. The summed E-state index contributed by atoms with van der Waals surface area (Å²) in [5, 5.41) is 3.19. The Morgan fingerprint density at radius 3 is 2.58 bits per heavy atom. The number of benzene rings is 3. The van der Waals surface area contributed by atoms with Crippen LogP contribution in [0, 0.1) is 0 Å². The highest BCUT2D eigenvalue weighted by Crippen LogP contribution is 2.28. The molecule has 0 saturated carbocycles. The molecular weight excluding hydrogens is 526 g/mol. The van der Waals surface area contributed by atoms with Gasteiger partial charge < -0.3 is 14.8 Å². The molecule has 0 aliphatic carbocycles. The summed E-state index contributed by atoms with van der Waals surface area (Å²) in [6.45, 7) is 5.06. The average Bonchev–Trinajstić information content (AvgIpc) is 3.47. The molecule has 3 aromatic rings. The van der Waals surface area contributed by atoms with Gasteiger partial charge in [0.1, 0.15) is 12.5 Å². The van der Waals surface area contributed by atoms with Crippen molar-refractivity contribution in [2.45, 2.75) is 44.9 Å². The maximum Gasteiger partial charge on any atom is 0.251 e. The summed E-state index contributed by atoms with van der Waals surface area (Å²) >= 11 is 0. The normalized spacial score (nSPS) is 17.2. The molecule has 1 aliphatic rings. The Labute approximate surface area is 238 Å². The number of carbonyl (C=O) groups is 1. The molecule has 8 nitrogen and oxygen atoms in total. The Kier molecular flexibility index (Phi) is 9.84. The zero-order valence-corrected chi connectivity index (χ0v) is 24.4. The van der Waals surface area contributed by atoms with Crippen LogP contribution >= 0.6 is 0 Å². The Hall–Kier alpha value is -3.40. The molecule has 40 heavy (non-hydrogen) atoms. The number of carbonyl (C=O) groups excluding carboxylic acids is 1. The molecule has 1 unspecified atom stereocenters. The average molecular weight is 566 g/mol. The minimum atomic E-state index is -3.46. The first-order valence-corrected chi connectivity index (χ1v) is 15.2. The third kappa shape index (κ3) is 7.21. The highest BCUT2D eigenvalue weighted by atomic mass is 32.2. The fourth-order valence-corrected chi connectivity index (χ4v) is 6.17. The van der Waals surface area contributed by atoms with E-state index in [1.165, 1.54) is 11.4 Å². The quantitative estimate of drug-likeness (QED) is 0.345. The molecule has 0 bridgehead atoms. The molecule has 1 aliphatic heterocycles. The Balaban J connectivity index is 1.52. The van der Waals surface area contributed by atoms with Crippen LogP contribution in [0.25, 0.3) is 0 Å². The van der Waals surface area contributed by atoms with Crippen molar-refractivity contribution in [3.8, 4) is 5.75 Å². The minimum absolute atomic E-state index is 0.0444. The first-order valence-electron chi connectivity index (χ1n) is 13.6. The molecular formula is C31H39N3O5S. The predicted molar refractivity (Wildman–Crippen MR) is 158 cm³/mol. The van der Waals surface area contributed by atoms with Crippen LogP contribution < -0.4 is 14.4 Å². The molecule has 1 amide bonds. The third-order valence-corrected chi connectivity index (χ3v) is 9.38. The lowest BCUT2D eigenvalue weighted by molar-refractivity contribution is 0.0559. The van der Waals surface area contributed by atoms with Crippen molar-refractivity contribution in [2.24, 2.45) is 0 Å². The lowest BCUT2D eigenvalue weighted by Crippen LogP contribution is -2.46. The van der Waals surface area contributed by atoms with Gasteiger partial charge >= 0.3 is 0 Å². The fraction of sp³-hybridized carbons (Fsp3) is 0.387. The molecule has 1 saturated heterocycles. The van der Waals surface area contributed by atoms with Crippen molar-refractivity contribution in [3.63, 3.8) is 0 Å². The lowest BCUT2D eigenvalue weighted by Gasteiger charge is -2.26. The molecule has 9 heteroatoms. The standard InChI is InChI=1S/C31H39N3O5S/c1-5-17-40(36,37)33(3)27-15-9-14-26(19-27)31(35)32-29(18-24-11-7-6-8-12-24)30-21-34(22-39-30)23(2)25-13-10-16-28(20-25)38-4/h6-16,19-20,23,29-30H,5,17-18,21-22H2,1-4H3,(H,32,35)/t23?,29-,30+/m0/s1. The zero-order chi connectivity index (χ0) is 28.7. The third-order valence-electron chi connectivity index (χ3n) is 7.41. The highest BCUT2D eigenvalue weighted by molar-refractivity contribution is 7.92. The van der Waals surface area contributed by atoms with Gasteiger partial charge in [0.2, 0.25) is 10.0 Å². The van der Waals surface area contributed by atoms with E-state index in [9.17, 15) is 13.2 Å². The monoisotopic (exact) mass is 565 g/mol. The van der Waals surface area contributed by atoms with Crippen LogP contribution in [0.2, 0.25) is 0 Å². The number of anilines is 1. The van der Waals surface area contributed by atoms with Crippen LogP contribution in [0.1, 0.15) is 47.8 Å². The summed E-state index contributed by atoms with van der Waals surface area (Å²) in [5.74, 6) is 0.584. The van der Waals surface area contributed by atoms with Gasteiger partial charge in [-0.15, -0.1) is 0 Å². The van der Waals surface area contributed by atoms with E-state index in [1.807, 2.05) is 55.5 Å². The molecule has 0 aromatic heterocycles. The van der Waals surface area contributed by atoms with Crippen LogP contribution in [0.4, 0.5) is 5.69 Å². The molecule has 3 aromatic carbocycles. The summed E-state index contributed by atoms with van der Waals surface area (Å²) in [7, 11) is -0.277. The smallest absolute Gasteiger partial charge is 0.251 e. The van der Waals surface area contributed by atoms with Crippen molar-refractivity contribution in [3.05, 3.63) is 95.6 Å². The fourth-order valence-electron chi connectivity index (χ4n) is 4.95. The molecule has 1 N–H and O–H groups in total. The second kappa shape index (κ2) is 13.3. The van der Waals surface area contributed by atoms with Crippen molar-refractivity contribution >= 4 is 21.6 Å². The summed E-state index contributed by atoms with van der Waals surface area (Å²) in [6.07, 6.45) is 0.888. The maximum atomic E-state index is 13.5. The van der Waals surface area contributed by atoms with E-state index in [2.05, 4.69) is 23.2 Å². The van der Waals surface area contributed by atoms with Crippen molar-refractivity contribution < 1.29 is 22.7 Å². The van der Waals surface area contributed by atoms with Gasteiger partial charge in [0.25, 0.3) is 5.91 Å². The van der Waals surface area contributed by atoms with Gasteiger partial charge in [-0.25, -0.2) is 8.42 Å². The number of rotatable bonds is 12. The number of hydrogen-bond donors (Lipinski definition) is 1. The Bertz CT molecular complexity index is 1380. The number of amides is 1. The maximum absolute atomic E-state index is 13.5. The summed E-state index contributed by atoms with van der Waals surface area (Å²) in [4.78, 5) is 15.7. The SMILES string of the molecule is CCCS(=O)(=O)N(C)c1cccc(C(=O)N[C@@H](Cc2ccccc2)[C@H]2CN(C(C)c3cccc(OC)c3)CO2)c1. The minimum Gasteiger partial charge on any atom is -0.497 e. The topological polar surface area (TPSA) is 88.2 Å². The number of sulfonamides is 1. The van der Waals surface area contributed by atoms with E-state index in [0.717, 1.165) is 16.9 Å². The van der Waals surface area contributed by atoms with Crippen LogP contribution in [-0.2, 0) is 21.2 Å². The summed E-state index contributed by atoms with van der Waals surface area (Å²) < 4.78 is 38.1. The first-order chi connectivity index (χ1) is 19.2. The number of nitrogens with one attached hydrogen (secondary N) is 1. The molecule has 4 rings (SSSR count). The predicted octanol–water partition coefficient (Wildman–Crippen LogP) is 4.63. The summed E-state index contributed by atoms with van der Waals surface area (Å²) in [6, 6.07) is 24.6. The number of methoxy groups -OCH3 is 1. The van der Waals surface area contributed by atoms with E-state index >= 15 is 0 Å². The second-order valence-electron chi connectivity index (χ2n) is 10.2. The van der Waals surface area contributed by atoms with Crippen molar-refractivity contribution in [1.29, 1.82) is 0 Å². The Morgan fingerprint density at radius 1 is 1.10 bits per heavy atom. The molecule has 0 radical (unpaired) electrons. The van der Waals surface area contributed by atoms with E-state index in [-0.39, 0.29) is 29.8 Å². The van der Waals surface area contributed by atoms with Gasteiger partial charge in [-0.3, -0.25) is 14.0 Å². The van der Waals surface area contributed by atoms with Gasteiger partial charge in [-0.2, -0.15) is 0 Å². The highest BCUT2D eigenvalue weighted by Gasteiger charge is 2.34. The van der Waals surface area contributed by atoms with Gasteiger partial charge in [0.15, 0.2) is 0 Å². The van der Waals surface area contributed by atoms with Crippen LogP contribution in [0.5, 0.6) is 5.75 Å². The van der Waals surface area contributed by atoms with Crippen molar-refractivity contribution in [2.75, 3.05) is 37.5 Å². The largest absolute Gasteiger partial charge is 0.497 e. The second-order valence-corrected chi connectivity index (χ2v) is 12.3. The van der Waals surface area contributed by atoms with E-state index < -0.39 is 10.0 Å². The van der Waals surface area contributed by atoms with Crippen LogP contribution in [0.3, 0.4) is 0 Å². The Morgan fingerprint density at radius 2 is 1.85 bits per heavy atom. The van der Waals surface area contributed by atoms with Crippen molar-refractivity contribution in [1.82, 2.24) is 10.2 Å². The first kappa shape index (κ1) is 29.6. The van der Waals surface area contributed by atoms with E-state index in [1.54, 1.807) is 31.4 Å². The lowest BCUT2D eigenvalue weighted by atomic mass is 9.99. The van der Waals surface area contributed by atoms with Crippen LogP contribution in [-0.4, -0.2) is 64.6 Å². The van der Waals surface area contributed by atoms with Gasteiger partial charge in [-0.1, -0.05) is 55.5 Å².